The highest BCUT2D eigenvalue weighted by atomic mass is 32.2. The van der Waals surface area contributed by atoms with Crippen LogP contribution in [0.15, 0.2) is 76.7 Å². The van der Waals surface area contributed by atoms with Gasteiger partial charge in [-0.3, -0.25) is 19.7 Å². The lowest BCUT2D eigenvalue weighted by atomic mass is 10.1. The number of aromatic amines is 1. The molecule has 0 unspecified atom stereocenters. The Balaban J connectivity index is 1.40. The van der Waals surface area contributed by atoms with E-state index in [1.807, 2.05) is 72.8 Å². The van der Waals surface area contributed by atoms with Crippen LogP contribution in [0.2, 0.25) is 0 Å². The highest BCUT2D eigenvalue weighted by molar-refractivity contribution is 7.99. The maximum Gasteiger partial charge on any atom is 0.303 e. The first kappa shape index (κ1) is 24.2. The Labute approximate surface area is 207 Å². The molecule has 3 N–H and O–H groups in total. The Kier molecular flexibility index (Phi) is 8.30. The van der Waals surface area contributed by atoms with Gasteiger partial charge >= 0.3 is 5.97 Å². The Morgan fingerprint density at radius 1 is 0.971 bits per heavy atom. The molecule has 8 heteroatoms. The number of rotatable bonds is 11. The van der Waals surface area contributed by atoms with E-state index in [1.165, 1.54) is 0 Å². The molecule has 2 aromatic carbocycles. The van der Waals surface area contributed by atoms with Crippen molar-refractivity contribution < 1.29 is 14.7 Å². The predicted molar refractivity (Wildman–Crippen MR) is 139 cm³/mol. The minimum Gasteiger partial charge on any atom is -0.481 e. The Bertz CT molecular complexity index is 1330. The monoisotopic (exact) mass is 486 g/mol. The number of carboxylic acids is 1. The zero-order valence-corrected chi connectivity index (χ0v) is 19.9. The highest BCUT2D eigenvalue weighted by Crippen LogP contribution is 2.35. The SMILES string of the molecule is O=C(O)CCCCCC(=O)Nc1ccccc1Sc1ccc2c(C=Cc3ccccn3)n[nH]c2c1. The first-order valence-corrected chi connectivity index (χ1v) is 12.3. The van der Waals surface area contributed by atoms with E-state index in [9.17, 15) is 9.59 Å². The second-order valence-electron chi connectivity index (χ2n) is 8.00. The van der Waals surface area contributed by atoms with Crippen LogP contribution in [-0.4, -0.2) is 32.2 Å². The molecular weight excluding hydrogens is 460 g/mol. The summed E-state index contributed by atoms with van der Waals surface area (Å²) in [4.78, 5) is 29.3. The van der Waals surface area contributed by atoms with Gasteiger partial charge in [0.25, 0.3) is 0 Å². The smallest absolute Gasteiger partial charge is 0.303 e. The largest absolute Gasteiger partial charge is 0.481 e. The number of unbranched alkanes of at least 4 members (excludes halogenated alkanes) is 2. The summed E-state index contributed by atoms with van der Waals surface area (Å²) in [5, 5.41) is 20.2. The lowest BCUT2D eigenvalue weighted by Gasteiger charge is -2.11. The molecule has 178 valence electrons. The molecule has 0 radical (unpaired) electrons. The van der Waals surface area contributed by atoms with Gasteiger partial charge in [0.05, 0.1) is 22.6 Å². The van der Waals surface area contributed by atoms with Crippen LogP contribution in [0.3, 0.4) is 0 Å². The quantitative estimate of drug-likeness (QED) is 0.216. The standard InChI is InChI=1S/C27H26N4O3S/c32-26(11-2-1-3-12-27(33)34)29-23-9-4-5-10-25(23)35-20-14-15-21-22(30-31-24(21)18-20)16-13-19-8-6-7-17-28-19/h4-10,13-18H,1-3,11-12H2,(H,29,32)(H,30,31)(H,33,34). The maximum atomic E-state index is 12.4. The second kappa shape index (κ2) is 12.0. The van der Waals surface area contributed by atoms with Crippen molar-refractivity contribution in [3.05, 3.63) is 78.2 Å². The fourth-order valence-electron chi connectivity index (χ4n) is 3.59. The van der Waals surface area contributed by atoms with Gasteiger partial charge in [-0.05, 0) is 67.5 Å². The lowest BCUT2D eigenvalue weighted by Crippen LogP contribution is -2.11. The molecule has 0 saturated heterocycles. The average molecular weight is 487 g/mol. The molecule has 0 aliphatic heterocycles. The van der Waals surface area contributed by atoms with Gasteiger partial charge in [-0.15, -0.1) is 0 Å². The number of H-pyrrole nitrogens is 1. The first-order chi connectivity index (χ1) is 17.1. The molecule has 0 aliphatic rings. The predicted octanol–water partition coefficient (Wildman–Crippen LogP) is 6.25. The molecule has 35 heavy (non-hydrogen) atoms. The maximum absolute atomic E-state index is 12.4. The van der Waals surface area contributed by atoms with Crippen molar-refractivity contribution >= 4 is 52.4 Å². The van der Waals surface area contributed by atoms with Gasteiger partial charge in [0, 0.05) is 34.2 Å². The molecule has 7 nitrogen and oxygen atoms in total. The molecular formula is C27H26N4O3S. The van der Waals surface area contributed by atoms with Gasteiger partial charge in [-0.2, -0.15) is 5.10 Å². The average Bonchev–Trinajstić information content (AvgIpc) is 3.26. The number of carboxylic acid groups (broad SMARTS) is 1. The number of hydrogen-bond acceptors (Lipinski definition) is 5. The van der Waals surface area contributed by atoms with Gasteiger partial charge in [0.2, 0.25) is 5.91 Å². The number of amides is 1. The van der Waals surface area contributed by atoms with Crippen LogP contribution in [0.1, 0.15) is 43.5 Å². The van der Waals surface area contributed by atoms with Gasteiger partial charge < -0.3 is 10.4 Å². The molecule has 0 aliphatic carbocycles. The molecule has 0 atom stereocenters. The van der Waals surface area contributed by atoms with E-state index in [2.05, 4.69) is 20.5 Å². The second-order valence-corrected chi connectivity index (χ2v) is 9.12. The number of benzene rings is 2. The van der Waals surface area contributed by atoms with Crippen molar-refractivity contribution in [3.63, 3.8) is 0 Å². The summed E-state index contributed by atoms with van der Waals surface area (Å²) >= 11 is 1.57. The van der Waals surface area contributed by atoms with Gasteiger partial charge in [0.1, 0.15) is 0 Å². The van der Waals surface area contributed by atoms with Crippen LogP contribution in [0.5, 0.6) is 0 Å². The Morgan fingerprint density at radius 2 is 1.80 bits per heavy atom. The van der Waals surface area contributed by atoms with E-state index in [0.29, 0.717) is 19.3 Å². The number of anilines is 1. The van der Waals surface area contributed by atoms with Crippen molar-refractivity contribution in [2.45, 2.75) is 41.9 Å². The number of nitrogens with one attached hydrogen (secondary N) is 2. The third kappa shape index (κ3) is 7.04. The summed E-state index contributed by atoms with van der Waals surface area (Å²) in [5.74, 6) is -0.868. The number of fused-ring (bicyclic) bond motifs is 1. The summed E-state index contributed by atoms with van der Waals surface area (Å²) in [6, 6.07) is 19.6. The molecule has 0 spiro atoms. The number of carbonyl (C=O) groups excluding carboxylic acids is 1. The Morgan fingerprint density at radius 3 is 2.63 bits per heavy atom. The van der Waals surface area contributed by atoms with E-state index in [0.717, 1.165) is 44.2 Å². The summed E-state index contributed by atoms with van der Waals surface area (Å²) in [5.41, 5.74) is 3.41. The number of hydrogen-bond donors (Lipinski definition) is 3. The van der Waals surface area contributed by atoms with Crippen molar-refractivity contribution in [2.75, 3.05) is 5.32 Å². The Hall–Kier alpha value is -3.91. The zero-order valence-electron chi connectivity index (χ0n) is 19.1. The van der Waals surface area contributed by atoms with E-state index >= 15 is 0 Å². The van der Waals surface area contributed by atoms with Crippen molar-refractivity contribution in [1.29, 1.82) is 0 Å². The molecule has 2 aromatic heterocycles. The molecule has 0 fully saturated rings. The normalized spacial score (nSPS) is 11.2. The van der Waals surface area contributed by atoms with E-state index in [4.69, 9.17) is 5.11 Å². The minimum atomic E-state index is -0.800. The minimum absolute atomic E-state index is 0.0678. The van der Waals surface area contributed by atoms with Crippen LogP contribution >= 0.6 is 11.8 Å². The fourth-order valence-corrected chi connectivity index (χ4v) is 4.53. The number of nitrogens with zero attached hydrogens (tertiary/aromatic N) is 2. The number of para-hydroxylation sites is 1. The van der Waals surface area contributed by atoms with E-state index in [1.54, 1.807) is 18.0 Å². The molecule has 0 bridgehead atoms. The van der Waals surface area contributed by atoms with Gasteiger partial charge in [-0.1, -0.05) is 36.4 Å². The van der Waals surface area contributed by atoms with Crippen molar-refractivity contribution in [2.24, 2.45) is 0 Å². The first-order valence-electron chi connectivity index (χ1n) is 11.4. The van der Waals surface area contributed by atoms with Crippen LogP contribution in [-0.2, 0) is 9.59 Å². The van der Waals surface area contributed by atoms with Crippen LogP contribution in [0.25, 0.3) is 23.1 Å². The number of carbonyl (C=O) groups is 2. The van der Waals surface area contributed by atoms with Crippen molar-refractivity contribution in [3.8, 4) is 0 Å². The zero-order chi connectivity index (χ0) is 24.5. The van der Waals surface area contributed by atoms with E-state index < -0.39 is 5.97 Å². The summed E-state index contributed by atoms with van der Waals surface area (Å²) in [7, 11) is 0. The third-order valence-corrected chi connectivity index (χ3v) is 6.41. The van der Waals surface area contributed by atoms with Crippen molar-refractivity contribution in [1.82, 2.24) is 15.2 Å². The molecule has 1 amide bonds. The third-order valence-electron chi connectivity index (χ3n) is 5.35. The molecule has 0 saturated carbocycles. The molecule has 2 heterocycles. The number of aliphatic carboxylic acids is 1. The highest BCUT2D eigenvalue weighted by Gasteiger charge is 2.10. The molecule has 4 aromatic rings. The van der Waals surface area contributed by atoms with Crippen LogP contribution in [0, 0.1) is 0 Å². The van der Waals surface area contributed by atoms with Crippen LogP contribution in [0.4, 0.5) is 5.69 Å². The van der Waals surface area contributed by atoms with Gasteiger partial charge in [-0.25, -0.2) is 0 Å². The van der Waals surface area contributed by atoms with E-state index in [-0.39, 0.29) is 12.3 Å². The number of aromatic nitrogens is 3. The van der Waals surface area contributed by atoms with Crippen LogP contribution < -0.4 is 5.32 Å². The summed E-state index contributed by atoms with van der Waals surface area (Å²) < 4.78 is 0. The fraction of sp³-hybridized carbons (Fsp3) is 0.185. The summed E-state index contributed by atoms with van der Waals surface area (Å²) in [6.45, 7) is 0. The lowest BCUT2D eigenvalue weighted by molar-refractivity contribution is -0.137. The van der Waals surface area contributed by atoms with Gasteiger partial charge in [0.15, 0.2) is 0 Å². The summed E-state index contributed by atoms with van der Waals surface area (Å²) in [6.07, 6.45) is 8.13. The molecule has 4 rings (SSSR count). The number of pyridine rings is 1. The topological polar surface area (TPSA) is 108 Å².